The number of hydrogen-bond acceptors (Lipinski definition) is 16. The molecule has 9 amide bonds. The molecule has 4 saturated heterocycles. The predicted molar refractivity (Wildman–Crippen MR) is 195 cm³/mol. The maximum absolute atomic E-state index is 13.9. The third-order valence-corrected chi connectivity index (χ3v) is 10.7. The summed E-state index contributed by atoms with van der Waals surface area (Å²) in [5.41, 5.74) is -1.76. The molecule has 0 bridgehead atoms. The number of urea groups is 3. The van der Waals surface area contributed by atoms with Gasteiger partial charge in [-0.1, -0.05) is 16.9 Å². The van der Waals surface area contributed by atoms with Gasteiger partial charge in [0.25, 0.3) is 5.91 Å². The summed E-state index contributed by atoms with van der Waals surface area (Å²) in [7, 11) is 0. The molecule has 4 fully saturated rings. The molecule has 306 valence electrons. The summed E-state index contributed by atoms with van der Waals surface area (Å²) in [6.07, 6.45) is -0.824. The summed E-state index contributed by atoms with van der Waals surface area (Å²) < 4.78 is 10.7. The standard InChI is InChI=1S/C31H43N11O12S2/c1-28(2,3)52-22(47)30(7,8)54-37-16(15-13-55-23(33-15)35-25(49)53-29(4,5)6)18(43)34-17-19(44)39-14-31(21(45)46,56-20(17)39)40-10-12-42(27(40)51)36-24(48)38-9-11-41(32)26(38)50/h13,17,20H,9-12,14,32H2,1-8H3,(H,34,43)(H,36,48)(H,45,46)(H,33,35,49)/b37-16-/t17-,20-,31-/m1/s1. The molecule has 5 heterocycles. The van der Waals surface area contributed by atoms with Gasteiger partial charge in [-0.05, 0) is 55.4 Å². The van der Waals surface area contributed by atoms with E-state index in [0.29, 0.717) is 0 Å². The number of rotatable bonds is 10. The molecule has 4 aliphatic rings. The summed E-state index contributed by atoms with van der Waals surface area (Å²) in [6, 6.07) is -3.94. The molecule has 0 saturated carbocycles. The number of β-lactam (4-membered cyclic amide) rings is 1. The quantitative estimate of drug-likeness (QED) is 0.0536. The normalized spacial score (nSPS) is 22.8. The SMILES string of the molecule is CC(C)(C)OC(=O)Nc1nc(/C(=N/OC(C)(C)C(=O)OC(C)(C)C)C(=O)N[C@@H]2C(=O)N3C[C@@](C(=O)O)(N4CCN(NC(=O)N5CCN(N)C5=O)C4=O)S[C@H]23)cs1. The highest BCUT2D eigenvalue weighted by atomic mass is 32.2. The Morgan fingerprint density at radius 1 is 0.964 bits per heavy atom. The van der Waals surface area contributed by atoms with Crippen molar-refractivity contribution in [2.24, 2.45) is 11.0 Å². The number of carboxylic acid groups (broad SMARTS) is 1. The van der Waals surface area contributed by atoms with E-state index in [9.17, 15) is 43.5 Å². The first-order valence-electron chi connectivity index (χ1n) is 17.0. The fraction of sp³-hybridized carbons (Fsp3) is 0.613. The first kappa shape index (κ1) is 41.7. The lowest BCUT2D eigenvalue weighted by molar-refractivity contribution is -0.179. The van der Waals surface area contributed by atoms with Crippen LogP contribution < -0.4 is 21.9 Å². The Hall–Kier alpha value is -5.43. The molecular formula is C31H43N11O12S2. The van der Waals surface area contributed by atoms with E-state index in [0.717, 1.165) is 42.9 Å². The van der Waals surface area contributed by atoms with Crippen LogP contribution in [-0.2, 0) is 33.5 Å². The number of nitrogens with one attached hydrogen (secondary N) is 3. The molecule has 3 atom stereocenters. The molecule has 0 aliphatic carbocycles. The number of thioether (sulfide) groups is 1. The van der Waals surface area contributed by atoms with Crippen molar-refractivity contribution >= 4 is 81.9 Å². The maximum Gasteiger partial charge on any atom is 0.413 e. The summed E-state index contributed by atoms with van der Waals surface area (Å²) in [4.78, 5) is 114. The Kier molecular flexibility index (Phi) is 11.1. The second kappa shape index (κ2) is 14.9. The topological polar surface area (TPSA) is 288 Å². The number of esters is 1. The molecule has 1 aromatic rings. The molecular weight excluding hydrogens is 783 g/mol. The van der Waals surface area contributed by atoms with Crippen LogP contribution in [0.5, 0.6) is 0 Å². The molecule has 5 rings (SSSR count). The van der Waals surface area contributed by atoms with E-state index in [4.69, 9.17) is 20.2 Å². The van der Waals surface area contributed by atoms with E-state index in [1.165, 1.54) is 24.1 Å². The third-order valence-electron chi connectivity index (χ3n) is 8.25. The number of hydrogen-bond donors (Lipinski definition) is 5. The number of carbonyl (C=O) groups is 8. The van der Waals surface area contributed by atoms with E-state index in [1.807, 2.05) is 0 Å². The molecule has 23 nitrogen and oxygen atoms in total. The Bertz CT molecular complexity index is 1880. The number of carboxylic acids is 1. The van der Waals surface area contributed by atoms with Crippen LogP contribution in [0.4, 0.5) is 24.3 Å². The van der Waals surface area contributed by atoms with E-state index >= 15 is 0 Å². The highest BCUT2D eigenvalue weighted by Gasteiger charge is 2.66. The smallest absolute Gasteiger partial charge is 0.413 e. The first-order chi connectivity index (χ1) is 25.8. The van der Waals surface area contributed by atoms with Gasteiger partial charge >= 0.3 is 36.1 Å². The number of aliphatic carboxylic acids is 1. The summed E-state index contributed by atoms with van der Waals surface area (Å²) in [5, 5.41) is 21.5. The second-order valence-corrected chi connectivity index (χ2v) is 17.6. The van der Waals surface area contributed by atoms with Gasteiger partial charge in [0.1, 0.15) is 28.3 Å². The minimum atomic E-state index is -2.03. The number of aromatic nitrogens is 1. The number of carbonyl (C=O) groups excluding carboxylic acids is 7. The van der Waals surface area contributed by atoms with Crippen LogP contribution in [0.25, 0.3) is 0 Å². The van der Waals surface area contributed by atoms with Gasteiger partial charge in [0.2, 0.25) is 16.4 Å². The Balaban J connectivity index is 1.33. The number of oxime groups is 1. The van der Waals surface area contributed by atoms with Gasteiger partial charge < -0.3 is 29.6 Å². The minimum Gasteiger partial charge on any atom is -0.479 e. The van der Waals surface area contributed by atoms with E-state index in [-0.39, 0.29) is 37.0 Å². The van der Waals surface area contributed by atoms with Crippen LogP contribution >= 0.6 is 23.1 Å². The zero-order chi connectivity index (χ0) is 41.7. The fourth-order valence-corrected chi connectivity index (χ4v) is 7.86. The summed E-state index contributed by atoms with van der Waals surface area (Å²) in [5.74, 6) is 1.57. The van der Waals surface area contributed by atoms with Crippen molar-refractivity contribution < 1.29 is 57.8 Å². The molecule has 0 radical (unpaired) electrons. The van der Waals surface area contributed by atoms with Crippen LogP contribution in [0.1, 0.15) is 61.1 Å². The van der Waals surface area contributed by atoms with Crippen LogP contribution in [0.3, 0.4) is 0 Å². The van der Waals surface area contributed by atoms with E-state index in [2.05, 4.69) is 26.2 Å². The number of imide groups is 1. The maximum atomic E-state index is 13.9. The highest BCUT2D eigenvalue weighted by Crippen LogP contribution is 2.49. The van der Waals surface area contributed by atoms with Crippen LogP contribution in [-0.4, -0.2) is 154 Å². The molecule has 4 aliphatic heterocycles. The van der Waals surface area contributed by atoms with Crippen molar-refractivity contribution in [3.05, 3.63) is 11.1 Å². The lowest BCUT2D eigenvalue weighted by Crippen LogP contribution is -2.68. The van der Waals surface area contributed by atoms with Gasteiger partial charge in [-0.15, -0.1) is 11.3 Å². The zero-order valence-electron chi connectivity index (χ0n) is 31.7. The Labute approximate surface area is 328 Å². The lowest BCUT2D eigenvalue weighted by atomic mass is 10.1. The third kappa shape index (κ3) is 8.52. The molecule has 1 aromatic heterocycles. The van der Waals surface area contributed by atoms with Gasteiger partial charge in [0.05, 0.1) is 26.2 Å². The van der Waals surface area contributed by atoms with E-state index in [1.54, 1.807) is 41.5 Å². The van der Waals surface area contributed by atoms with Crippen LogP contribution in [0, 0.1) is 0 Å². The van der Waals surface area contributed by atoms with Crippen molar-refractivity contribution in [1.82, 2.24) is 40.4 Å². The molecule has 0 aromatic carbocycles. The summed E-state index contributed by atoms with van der Waals surface area (Å²) >= 11 is 1.64. The molecule has 0 spiro atoms. The largest absolute Gasteiger partial charge is 0.479 e. The Morgan fingerprint density at radius 3 is 2.21 bits per heavy atom. The monoisotopic (exact) mass is 825 g/mol. The van der Waals surface area contributed by atoms with Gasteiger partial charge in [-0.3, -0.25) is 24.8 Å². The highest BCUT2D eigenvalue weighted by molar-refractivity contribution is 8.02. The number of anilines is 1. The number of hydrazine groups is 2. The fourth-order valence-electron chi connectivity index (χ4n) is 5.54. The van der Waals surface area contributed by atoms with Gasteiger partial charge in [0.15, 0.2) is 10.8 Å². The van der Waals surface area contributed by atoms with Crippen molar-refractivity contribution in [2.75, 3.05) is 38.0 Å². The van der Waals surface area contributed by atoms with Crippen molar-refractivity contribution in [3.8, 4) is 0 Å². The number of thiazole rings is 1. The van der Waals surface area contributed by atoms with Crippen molar-refractivity contribution in [2.45, 2.75) is 88.5 Å². The average molecular weight is 826 g/mol. The zero-order valence-corrected chi connectivity index (χ0v) is 33.4. The number of ether oxygens (including phenoxy) is 2. The number of nitrogens with zero attached hydrogens (tertiary/aromatic N) is 7. The number of amides is 9. The lowest BCUT2D eigenvalue weighted by Gasteiger charge is -2.41. The summed E-state index contributed by atoms with van der Waals surface area (Å²) in [6.45, 7) is 11.9. The Morgan fingerprint density at radius 2 is 1.62 bits per heavy atom. The molecule has 0 unspecified atom stereocenters. The van der Waals surface area contributed by atoms with Crippen molar-refractivity contribution in [3.63, 3.8) is 0 Å². The molecule has 56 heavy (non-hydrogen) atoms. The van der Waals surface area contributed by atoms with Gasteiger partial charge in [-0.25, -0.2) is 54.9 Å². The van der Waals surface area contributed by atoms with Crippen LogP contribution in [0.2, 0.25) is 0 Å². The van der Waals surface area contributed by atoms with Crippen molar-refractivity contribution in [1.29, 1.82) is 0 Å². The minimum absolute atomic E-state index is 0.0125. The second-order valence-electron chi connectivity index (χ2n) is 15.4. The van der Waals surface area contributed by atoms with Gasteiger partial charge in [0, 0.05) is 11.9 Å². The predicted octanol–water partition coefficient (Wildman–Crippen LogP) is 0.485. The number of nitrogens with two attached hydrogens (primary N) is 1. The van der Waals surface area contributed by atoms with Gasteiger partial charge in [-0.2, -0.15) is 0 Å². The number of fused-ring (bicyclic) bond motifs is 1. The van der Waals surface area contributed by atoms with E-state index < -0.39 is 93.3 Å². The molecule has 6 N–H and O–H groups in total. The van der Waals surface area contributed by atoms with Crippen LogP contribution in [0.15, 0.2) is 10.5 Å². The average Bonchev–Trinajstić information content (AvgIpc) is 3.84. The first-order valence-corrected chi connectivity index (χ1v) is 18.8. The molecule has 25 heteroatoms.